The molecule has 1 heterocycles. The number of hydrogen-bond donors (Lipinski definition) is 1. The van der Waals surface area contributed by atoms with Gasteiger partial charge in [-0.2, -0.15) is 0 Å². The summed E-state index contributed by atoms with van der Waals surface area (Å²) in [5, 5.41) is 0.243. The lowest BCUT2D eigenvalue weighted by molar-refractivity contribution is 0.257. The van der Waals surface area contributed by atoms with Gasteiger partial charge in [-0.05, 0) is 24.3 Å². The molecule has 0 aliphatic heterocycles. The average molecular weight is 337 g/mol. The Hall–Kier alpha value is -0.360. The normalized spacial score (nSPS) is 23.8. The molecule has 0 amide bonds. The molecule has 0 aromatic carbocycles. The van der Waals surface area contributed by atoms with Gasteiger partial charge in [-0.1, -0.05) is 49.4 Å². The topological polar surface area (TPSA) is 59.1 Å². The number of rotatable bonds is 4. The van der Waals surface area contributed by atoms with E-state index >= 15 is 0 Å². The van der Waals surface area contributed by atoms with Gasteiger partial charge in [0.05, 0.1) is 5.02 Å². The molecular weight excluding hydrogens is 319 g/mol. The number of halogens is 2. The van der Waals surface area contributed by atoms with Gasteiger partial charge in [-0.25, -0.2) is 18.1 Å². The molecule has 0 radical (unpaired) electrons. The molecule has 1 aromatic rings. The van der Waals surface area contributed by atoms with Crippen molar-refractivity contribution in [2.75, 3.05) is 6.54 Å². The number of sulfonamides is 1. The molecule has 2 atom stereocenters. The van der Waals surface area contributed by atoms with Gasteiger partial charge in [0.2, 0.25) is 10.0 Å². The first-order valence-electron chi connectivity index (χ1n) is 6.71. The highest BCUT2D eigenvalue weighted by Crippen LogP contribution is 2.29. The van der Waals surface area contributed by atoms with E-state index < -0.39 is 10.0 Å². The van der Waals surface area contributed by atoms with E-state index in [9.17, 15) is 8.42 Å². The summed E-state index contributed by atoms with van der Waals surface area (Å²) < 4.78 is 27.0. The van der Waals surface area contributed by atoms with E-state index in [-0.39, 0.29) is 15.1 Å². The second-order valence-corrected chi connectivity index (χ2v) is 7.85. The largest absolute Gasteiger partial charge is 0.242 e. The van der Waals surface area contributed by atoms with Gasteiger partial charge in [-0.15, -0.1) is 0 Å². The Morgan fingerprint density at radius 1 is 1.35 bits per heavy atom. The quantitative estimate of drug-likeness (QED) is 0.856. The van der Waals surface area contributed by atoms with E-state index in [0.29, 0.717) is 18.4 Å². The van der Waals surface area contributed by atoms with Crippen molar-refractivity contribution in [2.45, 2.75) is 37.5 Å². The minimum absolute atomic E-state index is 0.0513. The third-order valence-electron chi connectivity index (χ3n) is 3.91. The van der Waals surface area contributed by atoms with Crippen LogP contribution in [0.15, 0.2) is 17.2 Å². The van der Waals surface area contributed by atoms with E-state index in [1.54, 1.807) is 0 Å². The predicted molar refractivity (Wildman–Crippen MR) is 80.6 cm³/mol. The monoisotopic (exact) mass is 336 g/mol. The Morgan fingerprint density at radius 3 is 2.70 bits per heavy atom. The third-order valence-corrected chi connectivity index (χ3v) is 5.98. The Balaban J connectivity index is 2.05. The Morgan fingerprint density at radius 2 is 2.05 bits per heavy atom. The summed E-state index contributed by atoms with van der Waals surface area (Å²) in [6.45, 7) is 2.64. The predicted octanol–water partition coefficient (Wildman–Crippen LogP) is 3.49. The lowest BCUT2D eigenvalue weighted by Gasteiger charge is -2.28. The van der Waals surface area contributed by atoms with Crippen LogP contribution in [0.1, 0.15) is 32.6 Å². The first kappa shape index (κ1) is 16.0. The second kappa shape index (κ2) is 6.60. The summed E-state index contributed by atoms with van der Waals surface area (Å²) in [5.41, 5.74) is 0. The lowest BCUT2D eigenvalue weighted by Crippen LogP contribution is -2.33. The van der Waals surface area contributed by atoms with Crippen molar-refractivity contribution < 1.29 is 8.42 Å². The number of pyridine rings is 1. The van der Waals surface area contributed by atoms with Gasteiger partial charge in [0.1, 0.15) is 10.0 Å². The summed E-state index contributed by atoms with van der Waals surface area (Å²) in [7, 11) is -3.58. The SMILES string of the molecule is CC1CCCCC1CNS(=O)(=O)c1cnc(Cl)c(Cl)c1. The van der Waals surface area contributed by atoms with Crippen LogP contribution >= 0.6 is 23.2 Å². The molecule has 1 aromatic heterocycles. The number of nitrogens with one attached hydrogen (secondary N) is 1. The van der Waals surface area contributed by atoms with Gasteiger partial charge in [-0.3, -0.25) is 0 Å². The molecule has 1 aliphatic rings. The average Bonchev–Trinajstić information content (AvgIpc) is 2.41. The van der Waals surface area contributed by atoms with E-state index in [1.165, 1.54) is 31.5 Å². The van der Waals surface area contributed by atoms with Crippen LogP contribution in [0, 0.1) is 11.8 Å². The van der Waals surface area contributed by atoms with Crippen molar-refractivity contribution in [1.29, 1.82) is 0 Å². The highest BCUT2D eigenvalue weighted by molar-refractivity contribution is 7.89. The summed E-state index contributed by atoms with van der Waals surface area (Å²) >= 11 is 11.5. The second-order valence-electron chi connectivity index (χ2n) is 5.32. The summed E-state index contributed by atoms with van der Waals surface area (Å²) in [6.07, 6.45) is 5.87. The van der Waals surface area contributed by atoms with Crippen LogP contribution in [0.3, 0.4) is 0 Å². The molecule has 0 spiro atoms. The standard InChI is InChI=1S/C13H18Cl2N2O2S/c1-9-4-2-3-5-10(9)7-17-20(18,19)11-6-12(14)13(15)16-8-11/h6,8-10,17H,2-5,7H2,1H3. The molecule has 2 rings (SSSR count). The van der Waals surface area contributed by atoms with Crippen LogP contribution in [-0.4, -0.2) is 19.9 Å². The molecule has 0 saturated heterocycles. The van der Waals surface area contributed by atoms with Crippen LogP contribution in [0.4, 0.5) is 0 Å². The molecule has 112 valence electrons. The molecule has 0 bridgehead atoms. The molecule has 4 nitrogen and oxygen atoms in total. The summed E-state index contributed by atoms with van der Waals surface area (Å²) in [6, 6.07) is 1.32. The van der Waals surface area contributed by atoms with Crippen molar-refractivity contribution in [2.24, 2.45) is 11.8 Å². The lowest BCUT2D eigenvalue weighted by atomic mass is 9.81. The Kier molecular flexibility index (Phi) is 5.29. The Labute approximate surface area is 129 Å². The first-order chi connectivity index (χ1) is 9.40. The maximum absolute atomic E-state index is 12.2. The zero-order valence-electron chi connectivity index (χ0n) is 11.3. The van der Waals surface area contributed by atoms with Crippen molar-refractivity contribution in [3.8, 4) is 0 Å². The molecule has 7 heteroatoms. The highest BCUT2D eigenvalue weighted by Gasteiger charge is 2.24. The maximum atomic E-state index is 12.2. The minimum Gasteiger partial charge on any atom is -0.242 e. The van der Waals surface area contributed by atoms with Crippen LogP contribution < -0.4 is 4.72 Å². The highest BCUT2D eigenvalue weighted by atomic mass is 35.5. The fourth-order valence-corrected chi connectivity index (χ4v) is 3.95. The molecule has 1 saturated carbocycles. The van der Waals surface area contributed by atoms with Gasteiger partial charge < -0.3 is 0 Å². The third kappa shape index (κ3) is 3.85. The van der Waals surface area contributed by atoms with E-state index in [4.69, 9.17) is 23.2 Å². The molecule has 1 N–H and O–H groups in total. The minimum atomic E-state index is -3.58. The zero-order chi connectivity index (χ0) is 14.8. The first-order valence-corrected chi connectivity index (χ1v) is 8.95. The number of aromatic nitrogens is 1. The van der Waals surface area contributed by atoms with Gasteiger partial charge in [0.25, 0.3) is 0 Å². The van der Waals surface area contributed by atoms with Crippen molar-refractivity contribution >= 4 is 33.2 Å². The molecular formula is C13H18Cl2N2O2S. The van der Waals surface area contributed by atoms with Gasteiger partial charge in [0, 0.05) is 12.7 Å². The Bertz CT molecular complexity index is 578. The van der Waals surface area contributed by atoms with Crippen molar-refractivity contribution in [3.63, 3.8) is 0 Å². The van der Waals surface area contributed by atoms with E-state index in [1.807, 2.05) is 0 Å². The molecule has 2 unspecified atom stereocenters. The molecule has 20 heavy (non-hydrogen) atoms. The van der Waals surface area contributed by atoms with Crippen molar-refractivity contribution in [1.82, 2.24) is 9.71 Å². The van der Waals surface area contributed by atoms with Crippen molar-refractivity contribution in [3.05, 3.63) is 22.4 Å². The molecule has 1 aliphatic carbocycles. The molecule has 1 fully saturated rings. The number of hydrogen-bond acceptors (Lipinski definition) is 3. The zero-order valence-corrected chi connectivity index (χ0v) is 13.6. The van der Waals surface area contributed by atoms with E-state index in [2.05, 4.69) is 16.6 Å². The summed E-state index contributed by atoms with van der Waals surface area (Å²) in [4.78, 5) is 3.82. The van der Waals surface area contributed by atoms with Crippen LogP contribution in [-0.2, 0) is 10.0 Å². The van der Waals surface area contributed by atoms with E-state index in [0.717, 1.165) is 6.42 Å². The van der Waals surface area contributed by atoms with Gasteiger partial charge >= 0.3 is 0 Å². The number of nitrogens with zero attached hydrogens (tertiary/aromatic N) is 1. The fourth-order valence-electron chi connectivity index (χ4n) is 2.55. The van der Waals surface area contributed by atoms with Crippen LogP contribution in [0.25, 0.3) is 0 Å². The smallest absolute Gasteiger partial charge is 0.242 e. The summed E-state index contributed by atoms with van der Waals surface area (Å²) in [5.74, 6) is 0.952. The van der Waals surface area contributed by atoms with Gasteiger partial charge in [0.15, 0.2) is 0 Å². The van der Waals surface area contributed by atoms with Crippen LogP contribution in [0.5, 0.6) is 0 Å². The maximum Gasteiger partial charge on any atom is 0.242 e. The fraction of sp³-hybridized carbons (Fsp3) is 0.615. The van der Waals surface area contributed by atoms with Crippen LogP contribution in [0.2, 0.25) is 10.2 Å².